The van der Waals surface area contributed by atoms with E-state index in [4.69, 9.17) is 11.6 Å². The smallest absolute Gasteiger partial charge is 0.244 e. The Morgan fingerprint density at radius 2 is 1.62 bits per heavy atom. The number of benzene rings is 3. The number of nitrogens with zero attached hydrogens (tertiary/aromatic N) is 2. The molecule has 1 aliphatic carbocycles. The van der Waals surface area contributed by atoms with Crippen molar-refractivity contribution in [2.24, 2.45) is 0 Å². The highest BCUT2D eigenvalue weighted by atomic mass is 35.5. The van der Waals surface area contributed by atoms with Gasteiger partial charge in [0, 0.05) is 24.0 Å². The highest BCUT2D eigenvalue weighted by molar-refractivity contribution is 7.92. The molecule has 3 aromatic rings. The third-order valence-corrected chi connectivity index (χ3v) is 8.38. The summed E-state index contributed by atoms with van der Waals surface area (Å²) in [6.07, 6.45) is 5.03. The number of nitrogens with one attached hydrogen (secondary N) is 1. The summed E-state index contributed by atoms with van der Waals surface area (Å²) in [7, 11) is -3.92. The van der Waals surface area contributed by atoms with E-state index in [1.807, 2.05) is 30.3 Å². The monoisotopic (exact) mass is 585 g/mol. The maximum Gasteiger partial charge on any atom is 0.244 e. The van der Waals surface area contributed by atoms with Crippen molar-refractivity contribution in [3.8, 4) is 0 Å². The van der Waals surface area contributed by atoms with Gasteiger partial charge in [0.25, 0.3) is 0 Å². The third-order valence-electron chi connectivity index (χ3n) is 7.01. The van der Waals surface area contributed by atoms with Crippen molar-refractivity contribution in [3.63, 3.8) is 0 Å². The molecule has 0 saturated heterocycles. The molecule has 1 atom stereocenters. The van der Waals surface area contributed by atoms with E-state index in [1.54, 1.807) is 24.3 Å². The Bertz CT molecular complexity index is 1410. The largest absolute Gasteiger partial charge is 0.352 e. The lowest BCUT2D eigenvalue weighted by molar-refractivity contribution is -0.140. The Balaban J connectivity index is 1.72. The van der Waals surface area contributed by atoms with Crippen LogP contribution in [0.2, 0.25) is 5.02 Å². The fourth-order valence-electron chi connectivity index (χ4n) is 4.97. The van der Waals surface area contributed by atoms with E-state index in [-0.39, 0.29) is 30.6 Å². The fraction of sp³-hybridized carbons (Fsp3) is 0.333. The first-order chi connectivity index (χ1) is 19.1. The van der Waals surface area contributed by atoms with E-state index in [0.29, 0.717) is 10.6 Å². The molecule has 1 fully saturated rings. The van der Waals surface area contributed by atoms with Gasteiger partial charge in [-0.1, -0.05) is 66.9 Å². The summed E-state index contributed by atoms with van der Waals surface area (Å²) in [6, 6.07) is 20.4. The number of hydrogen-bond acceptors (Lipinski definition) is 4. The van der Waals surface area contributed by atoms with Crippen molar-refractivity contribution in [2.75, 3.05) is 17.1 Å². The van der Waals surface area contributed by atoms with Crippen LogP contribution in [-0.4, -0.2) is 50.0 Å². The number of carbonyl (C=O) groups excluding carboxylic acids is 2. The van der Waals surface area contributed by atoms with E-state index in [2.05, 4.69) is 5.32 Å². The molecule has 1 aliphatic rings. The molecule has 0 radical (unpaired) electrons. The van der Waals surface area contributed by atoms with Gasteiger partial charge in [0.05, 0.1) is 11.9 Å². The van der Waals surface area contributed by atoms with Crippen LogP contribution in [0.5, 0.6) is 0 Å². The molecule has 0 heterocycles. The molecule has 0 bridgehead atoms. The van der Waals surface area contributed by atoms with E-state index in [0.717, 1.165) is 53.9 Å². The van der Waals surface area contributed by atoms with Crippen LogP contribution >= 0.6 is 11.6 Å². The van der Waals surface area contributed by atoms with E-state index in [9.17, 15) is 22.4 Å². The van der Waals surface area contributed by atoms with Crippen molar-refractivity contribution in [1.82, 2.24) is 10.2 Å². The Morgan fingerprint density at radius 3 is 2.25 bits per heavy atom. The quantitative estimate of drug-likeness (QED) is 0.345. The zero-order chi connectivity index (χ0) is 28.7. The predicted octanol–water partition coefficient (Wildman–Crippen LogP) is 4.94. The summed E-state index contributed by atoms with van der Waals surface area (Å²) in [5.41, 5.74) is 1.70. The van der Waals surface area contributed by atoms with Crippen molar-refractivity contribution >= 4 is 39.1 Å². The van der Waals surface area contributed by atoms with Crippen molar-refractivity contribution in [2.45, 2.75) is 50.7 Å². The van der Waals surface area contributed by atoms with Gasteiger partial charge < -0.3 is 10.2 Å². The van der Waals surface area contributed by atoms with Crippen LogP contribution < -0.4 is 9.62 Å². The van der Waals surface area contributed by atoms with Gasteiger partial charge in [0.2, 0.25) is 21.8 Å². The van der Waals surface area contributed by atoms with Crippen LogP contribution in [0.25, 0.3) is 0 Å². The lowest BCUT2D eigenvalue weighted by Crippen LogP contribution is -2.54. The first-order valence-electron chi connectivity index (χ1n) is 13.2. The Hall–Kier alpha value is -3.43. The van der Waals surface area contributed by atoms with Crippen LogP contribution in [-0.2, 0) is 32.6 Å². The molecule has 7 nitrogen and oxygen atoms in total. The SMILES string of the molecule is CS(=O)(=O)N(CC(=O)N(Cc1cccc(Cl)c1)C(Cc1ccccc1)C(=O)NC1CCCC1)c1ccc(F)cc1. The standard InChI is InChI=1S/C30H33ClFN3O4S/c1-40(38,39)35(27-16-14-25(32)15-17-27)21-29(36)34(20-23-10-7-11-24(31)18-23)28(19-22-8-3-2-4-9-22)30(37)33-26-12-5-6-13-26/h2-4,7-11,14-18,26,28H,5-6,12-13,19-21H2,1H3,(H,33,37). The van der Waals surface area contributed by atoms with Gasteiger partial charge in [-0.05, 0) is 60.4 Å². The summed E-state index contributed by atoms with van der Waals surface area (Å²) in [6.45, 7) is -0.525. The van der Waals surface area contributed by atoms with Crippen LogP contribution in [0.1, 0.15) is 36.8 Å². The summed E-state index contributed by atoms with van der Waals surface area (Å²) < 4.78 is 40.0. The second-order valence-corrected chi connectivity index (χ2v) is 12.4. The maximum absolute atomic E-state index is 14.0. The van der Waals surface area contributed by atoms with Crippen molar-refractivity contribution in [3.05, 3.63) is 101 Å². The van der Waals surface area contributed by atoms with Gasteiger partial charge in [-0.25, -0.2) is 12.8 Å². The number of rotatable bonds is 11. The number of hydrogen-bond donors (Lipinski definition) is 1. The molecule has 3 aromatic carbocycles. The highest BCUT2D eigenvalue weighted by Gasteiger charge is 2.34. The minimum absolute atomic E-state index is 0.0284. The number of amides is 2. The minimum atomic E-state index is -3.92. The van der Waals surface area contributed by atoms with Crippen molar-refractivity contribution < 1.29 is 22.4 Å². The summed E-state index contributed by atoms with van der Waals surface area (Å²) in [5, 5.41) is 3.60. The van der Waals surface area contributed by atoms with Crippen LogP contribution in [0.4, 0.5) is 10.1 Å². The zero-order valence-electron chi connectivity index (χ0n) is 22.3. The van der Waals surface area contributed by atoms with Crippen LogP contribution in [0.15, 0.2) is 78.9 Å². The molecule has 2 amide bonds. The number of sulfonamides is 1. The zero-order valence-corrected chi connectivity index (χ0v) is 23.9. The summed E-state index contributed by atoms with van der Waals surface area (Å²) in [4.78, 5) is 29.2. The second kappa shape index (κ2) is 13.3. The van der Waals surface area contributed by atoms with Gasteiger partial charge in [-0.15, -0.1) is 0 Å². The van der Waals surface area contributed by atoms with Crippen LogP contribution in [0, 0.1) is 5.82 Å². The van der Waals surface area contributed by atoms with Gasteiger partial charge in [-0.3, -0.25) is 13.9 Å². The number of anilines is 1. The highest BCUT2D eigenvalue weighted by Crippen LogP contribution is 2.23. The molecule has 0 aliphatic heterocycles. The molecule has 40 heavy (non-hydrogen) atoms. The molecule has 1 unspecified atom stereocenters. The molecule has 1 saturated carbocycles. The van der Waals surface area contributed by atoms with Gasteiger partial charge >= 0.3 is 0 Å². The molecule has 10 heteroatoms. The average Bonchev–Trinajstić information content (AvgIpc) is 3.43. The minimum Gasteiger partial charge on any atom is -0.352 e. The topological polar surface area (TPSA) is 86.8 Å². The van der Waals surface area contributed by atoms with E-state index >= 15 is 0 Å². The number of halogens is 2. The fourth-order valence-corrected chi connectivity index (χ4v) is 6.04. The Labute approximate surface area is 240 Å². The lowest BCUT2D eigenvalue weighted by atomic mass is 10.0. The van der Waals surface area contributed by atoms with Gasteiger partial charge in [0.1, 0.15) is 18.4 Å². The molecule has 1 N–H and O–H groups in total. The molecular formula is C30H33ClFN3O4S. The summed E-state index contributed by atoms with van der Waals surface area (Å²) >= 11 is 6.23. The number of carbonyl (C=O) groups is 2. The van der Waals surface area contributed by atoms with Gasteiger partial charge in [-0.2, -0.15) is 0 Å². The summed E-state index contributed by atoms with van der Waals surface area (Å²) in [5.74, 6) is -1.39. The average molecular weight is 586 g/mol. The van der Waals surface area contributed by atoms with E-state index in [1.165, 1.54) is 17.0 Å². The molecule has 0 aromatic heterocycles. The van der Waals surface area contributed by atoms with Crippen LogP contribution in [0.3, 0.4) is 0 Å². The molecular weight excluding hydrogens is 553 g/mol. The predicted molar refractivity (Wildman–Crippen MR) is 155 cm³/mol. The molecule has 0 spiro atoms. The van der Waals surface area contributed by atoms with Gasteiger partial charge in [0.15, 0.2) is 0 Å². The first-order valence-corrected chi connectivity index (χ1v) is 15.4. The normalized spacial score (nSPS) is 14.5. The van der Waals surface area contributed by atoms with E-state index < -0.39 is 34.3 Å². The molecule has 212 valence electrons. The third kappa shape index (κ3) is 8.05. The first kappa shape index (κ1) is 29.6. The Morgan fingerprint density at radius 1 is 0.975 bits per heavy atom. The maximum atomic E-state index is 14.0. The second-order valence-electron chi connectivity index (χ2n) is 10.1. The molecule has 4 rings (SSSR count). The van der Waals surface area contributed by atoms with Crippen molar-refractivity contribution in [1.29, 1.82) is 0 Å². The Kier molecular flexibility index (Phi) is 9.81. The lowest BCUT2D eigenvalue weighted by Gasteiger charge is -2.34.